The second kappa shape index (κ2) is 7.78. The van der Waals surface area contributed by atoms with Crippen LogP contribution in [0.3, 0.4) is 0 Å². The van der Waals surface area contributed by atoms with Crippen LogP contribution in [0.5, 0.6) is 0 Å². The molecular formula is C29H50O. The second-order valence-electron chi connectivity index (χ2n) is 13.5. The van der Waals surface area contributed by atoms with Crippen LogP contribution in [-0.4, -0.2) is 10.7 Å². The van der Waals surface area contributed by atoms with Crippen molar-refractivity contribution in [1.82, 2.24) is 0 Å². The Labute approximate surface area is 187 Å². The van der Waals surface area contributed by atoms with E-state index in [0.717, 1.165) is 60.7 Å². The molecular weight excluding hydrogens is 364 g/mol. The third-order valence-corrected chi connectivity index (χ3v) is 12.2. The largest absolute Gasteiger partial charge is 0.390 e. The summed E-state index contributed by atoms with van der Waals surface area (Å²) >= 11 is 0. The summed E-state index contributed by atoms with van der Waals surface area (Å²) in [6.07, 6.45) is 20.8. The summed E-state index contributed by atoms with van der Waals surface area (Å²) in [5.74, 6) is 6.75. The summed E-state index contributed by atoms with van der Waals surface area (Å²) in [6.45, 7) is 10.2. The molecule has 172 valence electrons. The molecule has 0 aromatic rings. The van der Waals surface area contributed by atoms with Gasteiger partial charge in [-0.05, 0) is 116 Å². The van der Waals surface area contributed by atoms with Crippen molar-refractivity contribution < 1.29 is 5.11 Å². The molecule has 1 N–H and O–H groups in total. The fourth-order valence-corrected chi connectivity index (χ4v) is 9.96. The Bertz CT molecular complexity index is 624. The first-order valence-electron chi connectivity index (χ1n) is 14.0. The molecule has 5 aliphatic rings. The van der Waals surface area contributed by atoms with E-state index in [1.165, 1.54) is 77.0 Å². The molecule has 1 nitrogen and oxygen atoms in total. The second-order valence-corrected chi connectivity index (χ2v) is 13.5. The Balaban J connectivity index is 1.28. The minimum absolute atomic E-state index is 0.353. The lowest BCUT2D eigenvalue weighted by molar-refractivity contribution is -0.152. The maximum atomic E-state index is 11.0. The van der Waals surface area contributed by atoms with Gasteiger partial charge in [-0.25, -0.2) is 0 Å². The number of hydrogen-bond donors (Lipinski definition) is 1. The highest BCUT2D eigenvalue weighted by atomic mass is 16.3. The molecule has 0 amide bonds. The van der Waals surface area contributed by atoms with Crippen LogP contribution in [0.15, 0.2) is 0 Å². The van der Waals surface area contributed by atoms with Gasteiger partial charge in [-0.2, -0.15) is 0 Å². The summed E-state index contributed by atoms with van der Waals surface area (Å²) in [6, 6.07) is 0. The standard InChI is InChI=1S/C29H50O/c1-5-29(30)18-17-27(3)22(19-29)11-12-23-25-14-13-24(28(25,4)16-15-26(23)27)20(2)7-6-8-21-9-10-21/h20-26,30H,5-19H2,1-4H3/t20-,22+,23+,24-,25+,26+,27+,28-,29+/m1/s1. The van der Waals surface area contributed by atoms with Crippen LogP contribution in [0.25, 0.3) is 0 Å². The lowest BCUT2D eigenvalue weighted by Gasteiger charge is -2.62. The summed E-state index contributed by atoms with van der Waals surface area (Å²) in [7, 11) is 0. The summed E-state index contributed by atoms with van der Waals surface area (Å²) in [5, 5.41) is 11.0. The van der Waals surface area contributed by atoms with Crippen LogP contribution >= 0.6 is 0 Å². The average Bonchev–Trinajstić information content (AvgIpc) is 3.47. The third kappa shape index (κ3) is 3.52. The van der Waals surface area contributed by atoms with Crippen molar-refractivity contribution in [2.45, 2.75) is 130 Å². The van der Waals surface area contributed by atoms with E-state index in [2.05, 4.69) is 27.7 Å². The van der Waals surface area contributed by atoms with Gasteiger partial charge in [0.2, 0.25) is 0 Å². The van der Waals surface area contributed by atoms with E-state index in [-0.39, 0.29) is 5.60 Å². The first kappa shape index (κ1) is 21.8. The van der Waals surface area contributed by atoms with E-state index < -0.39 is 0 Å². The van der Waals surface area contributed by atoms with Gasteiger partial charge < -0.3 is 5.11 Å². The van der Waals surface area contributed by atoms with Gasteiger partial charge in [-0.1, -0.05) is 59.8 Å². The lowest BCUT2D eigenvalue weighted by Crippen LogP contribution is -2.56. The Hall–Kier alpha value is -0.0400. The molecule has 0 spiro atoms. The van der Waals surface area contributed by atoms with E-state index in [1.54, 1.807) is 0 Å². The van der Waals surface area contributed by atoms with Gasteiger partial charge in [-0.3, -0.25) is 0 Å². The van der Waals surface area contributed by atoms with Crippen molar-refractivity contribution in [3.63, 3.8) is 0 Å². The van der Waals surface area contributed by atoms with Crippen molar-refractivity contribution in [3.05, 3.63) is 0 Å². The Kier molecular flexibility index (Phi) is 5.65. The molecule has 5 saturated carbocycles. The molecule has 5 aliphatic carbocycles. The Morgan fingerprint density at radius 2 is 1.63 bits per heavy atom. The van der Waals surface area contributed by atoms with Crippen molar-refractivity contribution >= 4 is 0 Å². The zero-order valence-corrected chi connectivity index (χ0v) is 20.6. The van der Waals surface area contributed by atoms with Crippen molar-refractivity contribution in [2.24, 2.45) is 52.3 Å². The Morgan fingerprint density at radius 3 is 2.37 bits per heavy atom. The molecule has 5 fully saturated rings. The van der Waals surface area contributed by atoms with Crippen LogP contribution < -0.4 is 0 Å². The third-order valence-electron chi connectivity index (χ3n) is 12.2. The molecule has 0 heterocycles. The maximum absolute atomic E-state index is 11.0. The smallest absolute Gasteiger partial charge is 0.0648 e. The minimum Gasteiger partial charge on any atom is -0.390 e. The van der Waals surface area contributed by atoms with Crippen molar-refractivity contribution in [3.8, 4) is 0 Å². The predicted molar refractivity (Wildman–Crippen MR) is 126 cm³/mol. The maximum Gasteiger partial charge on any atom is 0.0648 e. The molecule has 9 atom stereocenters. The zero-order valence-electron chi connectivity index (χ0n) is 20.6. The fraction of sp³-hybridized carbons (Fsp3) is 1.00. The first-order valence-corrected chi connectivity index (χ1v) is 14.0. The molecule has 0 aliphatic heterocycles. The van der Waals surface area contributed by atoms with Crippen molar-refractivity contribution in [2.75, 3.05) is 0 Å². The molecule has 30 heavy (non-hydrogen) atoms. The molecule has 1 heteroatoms. The minimum atomic E-state index is -0.353. The normalized spacial score (nSPS) is 51.7. The van der Waals surface area contributed by atoms with Crippen LogP contribution in [0, 0.1) is 52.3 Å². The fourth-order valence-electron chi connectivity index (χ4n) is 9.96. The molecule has 0 radical (unpaired) electrons. The summed E-state index contributed by atoms with van der Waals surface area (Å²) < 4.78 is 0. The first-order chi connectivity index (χ1) is 14.3. The van der Waals surface area contributed by atoms with E-state index in [4.69, 9.17) is 0 Å². The molecule has 0 aromatic carbocycles. The number of fused-ring (bicyclic) bond motifs is 5. The van der Waals surface area contributed by atoms with Crippen LogP contribution in [0.4, 0.5) is 0 Å². The quantitative estimate of drug-likeness (QED) is 0.466. The van der Waals surface area contributed by atoms with Gasteiger partial charge in [0, 0.05) is 0 Å². The van der Waals surface area contributed by atoms with Gasteiger partial charge in [-0.15, -0.1) is 0 Å². The number of rotatable bonds is 6. The highest BCUT2D eigenvalue weighted by Gasteiger charge is 2.61. The monoisotopic (exact) mass is 414 g/mol. The molecule has 0 aromatic heterocycles. The number of hydrogen-bond acceptors (Lipinski definition) is 1. The predicted octanol–water partition coefficient (Wildman–Crippen LogP) is 8.00. The van der Waals surface area contributed by atoms with E-state index in [0.29, 0.717) is 10.8 Å². The Morgan fingerprint density at radius 1 is 0.867 bits per heavy atom. The summed E-state index contributed by atoms with van der Waals surface area (Å²) in [4.78, 5) is 0. The van der Waals surface area contributed by atoms with Gasteiger partial charge in [0.05, 0.1) is 5.60 Å². The molecule has 5 rings (SSSR count). The lowest BCUT2D eigenvalue weighted by atomic mass is 9.43. The highest BCUT2D eigenvalue weighted by molar-refractivity contribution is 5.10. The van der Waals surface area contributed by atoms with E-state index in [9.17, 15) is 5.11 Å². The zero-order chi connectivity index (χ0) is 21.1. The molecule has 0 bridgehead atoms. The van der Waals surface area contributed by atoms with Crippen molar-refractivity contribution in [1.29, 1.82) is 0 Å². The highest BCUT2D eigenvalue weighted by Crippen LogP contribution is 2.69. The number of aliphatic hydroxyl groups is 1. The SMILES string of the molecule is CC[C@]1(O)CC[C@@]2(C)[C@@H](CC[C@@H]3[C@@H]2CC[C@]2(C)[C@@H]([C@H](C)CCCC4CC4)CC[C@@H]32)C1. The van der Waals surface area contributed by atoms with Crippen LogP contribution in [-0.2, 0) is 0 Å². The van der Waals surface area contributed by atoms with Crippen LogP contribution in [0.2, 0.25) is 0 Å². The van der Waals surface area contributed by atoms with E-state index >= 15 is 0 Å². The van der Waals surface area contributed by atoms with Crippen LogP contribution in [0.1, 0.15) is 124 Å². The van der Waals surface area contributed by atoms with Gasteiger partial charge in [0.1, 0.15) is 0 Å². The molecule has 0 unspecified atom stereocenters. The van der Waals surface area contributed by atoms with Gasteiger partial charge in [0.15, 0.2) is 0 Å². The van der Waals surface area contributed by atoms with Gasteiger partial charge >= 0.3 is 0 Å². The van der Waals surface area contributed by atoms with Gasteiger partial charge in [0.25, 0.3) is 0 Å². The summed E-state index contributed by atoms with van der Waals surface area (Å²) in [5.41, 5.74) is 0.788. The average molecular weight is 415 g/mol. The molecule has 0 saturated heterocycles. The van der Waals surface area contributed by atoms with E-state index in [1.807, 2.05) is 0 Å². The topological polar surface area (TPSA) is 20.2 Å².